The maximum atomic E-state index is 7.25. The van der Waals surface area contributed by atoms with Gasteiger partial charge in [0.1, 0.15) is 18.1 Å². The molecule has 0 saturated heterocycles. The Labute approximate surface area is 117 Å². The van der Waals surface area contributed by atoms with Crippen LogP contribution in [0.5, 0.6) is 6.01 Å². The molecular weight excluding hydrogens is 264 g/mol. The van der Waals surface area contributed by atoms with Crippen LogP contribution >= 0.6 is 0 Å². The average molecular weight is 284 g/mol. The van der Waals surface area contributed by atoms with Crippen molar-refractivity contribution in [3.63, 3.8) is 0 Å². The number of nitrogens with one attached hydrogen (secondary N) is 1. The van der Waals surface area contributed by atoms with E-state index < -0.39 is 0 Å². The molecule has 0 amide bonds. The lowest BCUT2D eigenvalue weighted by Gasteiger charge is -2.07. The minimum atomic E-state index is -0.123. The number of rotatable bonds is 11. The minimum absolute atomic E-state index is 0.123. The zero-order valence-corrected chi connectivity index (χ0v) is 11.5. The fourth-order valence-corrected chi connectivity index (χ4v) is 1.22. The third-order valence-electron chi connectivity index (χ3n) is 2.17. The Hall–Kier alpha value is -1.77. The lowest BCUT2D eigenvalue weighted by Crippen LogP contribution is -2.16. The highest BCUT2D eigenvalue weighted by Gasteiger charge is 2.02. The quantitative estimate of drug-likeness (QED) is 0.329. The summed E-state index contributed by atoms with van der Waals surface area (Å²) < 4.78 is 20.6. The first kappa shape index (κ1) is 16.3. The smallest absolute Gasteiger partial charge is 0.317 e. The topological polar surface area (TPSA) is 113 Å². The van der Waals surface area contributed by atoms with Crippen LogP contribution in [0.2, 0.25) is 0 Å². The van der Waals surface area contributed by atoms with Gasteiger partial charge in [-0.15, -0.1) is 0 Å². The summed E-state index contributed by atoms with van der Waals surface area (Å²) in [5, 5.41) is 7.25. The number of amidine groups is 1. The molecule has 0 radical (unpaired) electrons. The molecule has 0 bridgehead atoms. The van der Waals surface area contributed by atoms with Crippen LogP contribution in [0.25, 0.3) is 0 Å². The molecule has 3 N–H and O–H groups in total. The molecule has 0 aromatic carbocycles. The molecule has 8 heteroatoms. The lowest BCUT2D eigenvalue weighted by atomic mass is 10.4. The van der Waals surface area contributed by atoms with Gasteiger partial charge in [0.15, 0.2) is 0 Å². The second-order valence-electron chi connectivity index (χ2n) is 3.70. The molecule has 112 valence electrons. The van der Waals surface area contributed by atoms with E-state index in [0.29, 0.717) is 45.3 Å². The molecule has 0 fully saturated rings. The number of methoxy groups -OCH3 is 1. The standard InChI is InChI=1S/C12H20N4O4/c1-17-4-5-18-6-7-19-8-9-20-12-15-3-2-10(16-12)11(13)14/h2-3H,4-9H2,1H3,(H3,13,14). The molecule has 20 heavy (non-hydrogen) atoms. The van der Waals surface area contributed by atoms with Gasteiger partial charge >= 0.3 is 6.01 Å². The van der Waals surface area contributed by atoms with Crippen LogP contribution in [-0.2, 0) is 14.2 Å². The van der Waals surface area contributed by atoms with Crippen LogP contribution < -0.4 is 10.5 Å². The summed E-state index contributed by atoms with van der Waals surface area (Å²) in [6, 6.07) is 1.72. The van der Waals surface area contributed by atoms with Crippen molar-refractivity contribution in [3.05, 3.63) is 18.0 Å². The van der Waals surface area contributed by atoms with E-state index in [1.807, 2.05) is 0 Å². The highest BCUT2D eigenvalue weighted by atomic mass is 16.6. The predicted molar refractivity (Wildman–Crippen MR) is 72.1 cm³/mol. The van der Waals surface area contributed by atoms with E-state index in [0.717, 1.165) is 0 Å². The molecule has 0 aliphatic heterocycles. The molecule has 1 aromatic rings. The van der Waals surface area contributed by atoms with Crippen LogP contribution in [0.15, 0.2) is 12.3 Å². The number of aromatic nitrogens is 2. The third kappa shape index (κ3) is 6.98. The second kappa shape index (κ2) is 10.1. The highest BCUT2D eigenvalue weighted by molar-refractivity contribution is 5.92. The fraction of sp³-hybridized carbons (Fsp3) is 0.583. The lowest BCUT2D eigenvalue weighted by molar-refractivity contribution is 0.0173. The third-order valence-corrected chi connectivity index (χ3v) is 2.17. The van der Waals surface area contributed by atoms with Crippen molar-refractivity contribution in [3.8, 4) is 6.01 Å². The molecule has 0 spiro atoms. The summed E-state index contributed by atoms with van der Waals surface area (Å²) in [7, 11) is 1.63. The zero-order chi connectivity index (χ0) is 14.6. The van der Waals surface area contributed by atoms with Crippen LogP contribution in [0.1, 0.15) is 5.69 Å². The first-order valence-electron chi connectivity index (χ1n) is 6.18. The fourth-order valence-electron chi connectivity index (χ4n) is 1.22. The van der Waals surface area contributed by atoms with Crippen LogP contribution in [-0.4, -0.2) is 62.6 Å². The van der Waals surface area contributed by atoms with Crippen LogP contribution in [0.3, 0.4) is 0 Å². The number of nitrogens with two attached hydrogens (primary N) is 1. The van der Waals surface area contributed by atoms with Gasteiger partial charge in [0, 0.05) is 13.3 Å². The predicted octanol–water partition coefficient (Wildman–Crippen LogP) is -0.181. The van der Waals surface area contributed by atoms with Gasteiger partial charge in [0.25, 0.3) is 0 Å². The Bertz CT molecular complexity index is 403. The van der Waals surface area contributed by atoms with Gasteiger partial charge in [-0.1, -0.05) is 0 Å². The van der Waals surface area contributed by atoms with Crippen molar-refractivity contribution < 1.29 is 18.9 Å². The summed E-state index contributed by atoms with van der Waals surface area (Å²) >= 11 is 0. The monoisotopic (exact) mass is 284 g/mol. The summed E-state index contributed by atoms with van der Waals surface area (Å²) in [5.74, 6) is -0.123. The van der Waals surface area contributed by atoms with E-state index in [4.69, 9.17) is 30.1 Å². The van der Waals surface area contributed by atoms with Crippen molar-refractivity contribution >= 4 is 5.84 Å². The zero-order valence-electron chi connectivity index (χ0n) is 11.5. The summed E-state index contributed by atoms with van der Waals surface area (Å²) in [4.78, 5) is 7.87. The van der Waals surface area contributed by atoms with E-state index in [1.165, 1.54) is 6.20 Å². The van der Waals surface area contributed by atoms with Gasteiger partial charge in [-0.2, -0.15) is 4.98 Å². The molecule has 0 unspecified atom stereocenters. The van der Waals surface area contributed by atoms with Crippen LogP contribution in [0, 0.1) is 5.41 Å². The van der Waals surface area contributed by atoms with Gasteiger partial charge in [-0.25, -0.2) is 4.98 Å². The normalized spacial score (nSPS) is 10.4. The Balaban J connectivity index is 2.06. The van der Waals surface area contributed by atoms with Crippen molar-refractivity contribution in [2.24, 2.45) is 5.73 Å². The molecule has 0 atom stereocenters. The number of hydrogen-bond donors (Lipinski definition) is 2. The second-order valence-corrected chi connectivity index (χ2v) is 3.70. The Morgan fingerprint density at radius 1 is 1.15 bits per heavy atom. The van der Waals surface area contributed by atoms with E-state index >= 15 is 0 Å². The van der Waals surface area contributed by atoms with Gasteiger partial charge in [-0.05, 0) is 6.07 Å². The van der Waals surface area contributed by atoms with Gasteiger partial charge in [0.2, 0.25) is 0 Å². The molecule has 1 rings (SSSR count). The highest BCUT2D eigenvalue weighted by Crippen LogP contribution is 2.02. The van der Waals surface area contributed by atoms with Crippen molar-refractivity contribution in [1.29, 1.82) is 5.41 Å². The van der Waals surface area contributed by atoms with Crippen molar-refractivity contribution in [2.75, 3.05) is 46.8 Å². The number of nitrogens with zero attached hydrogens (tertiary/aromatic N) is 2. The SMILES string of the molecule is COCCOCCOCCOc1nccc(C(=N)N)n1. The molecular formula is C12H20N4O4. The van der Waals surface area contributed by atoms with E-state index in [2.05, 4.69) is 9.97 Å². The molecule has 1 heterocycles. The first-order chi connectivity index (χ1) is 9.74. The Morgan fingerprint density at radius 3 is 2.45 bits per heavy atom. The van der Waals surface area contributed by atoms with E-state index in [9.17, 15) is 0 Å². The summed E-state index contributed by atoms with van der Waals surface area (Å²) in [6.45, 7) is 2.86. The summed E-state index contributed by atoms with van der Waals surface area (Å²) in [5.41, 5.74) is 5.65. The average Bonchev–Trinajstić information content (AvgIpc) is 2.46. The van der Waals surface area contributed by atoms with Crippen molar-refractivity contribution in [1.82, 2.24) is 9.97 Å². The Morgan fingerprint density at radius 2 is 1.80 bits per heavy atom. The van der Waals surface area contributed by atoms with Gasteiger partial charge in [-0.3, -0.25) is 5.41 Å². The van der Waals surface area contributed by atoms with Gasteiger partial charge in [0.05, 0.1) is 33.0 Å². The number of ether oxygens (including phenoxy) is 4. The van der Waals surface area contributed by atoms with E-state index in [-0.39, 0.29) is 11.8 Å². The van der Waals surface area contributed by atoms with Crippen LogP contribution in [0.4, 0.5) is 0 Å². The largest absolute Gasteiger partial charge is 0.461 e. The number of nitrogen functional groups attached to an aromatic ring is 1. The minimum Gasteiger partial charge on any atom is -0.461 e. The number of hydrogen-bond acceptors (Lipinski definition) is 7. The summed E-state index contributed by atoms with van der Waals surface area (Å²) in [6.07, 6.45) is 1.49. The molecule has 0 saturated carbocycles. The Kier molecular flexibility index (Phi) is 8.20. The van der Waals surface area contributed by atoms with Gasteiger partial charge < -0.3 is 24.7 Å². The van der Waals surface area contributed by atoms with Crippen molar-refractivity contribution in [2.45, 2.75) is 0 Å². The van der Waals surface area contributed by atoms with E-state index in [1.54, 1.807) is 13.2 Å². The first-order valence-corrected chi connectivity index (χ1v) is 6.18. The maximum Gasteiger partial charge on any atom is 0.317 e. The molecule has 0 aliphatic rings. The molecule has 0 aliphatic carbocycles. The maximum absolute atomic E-state index is 7.25. The molecule has 1 aromatic heterocycles. The molecule has 8 nitrogen and oxygen atoms in total.